The molecular weight excluding hydrogens is 865 g/mol. The van der Waals surface area contributed by atoms with E-state index >= 15 is 0 Å². The molecule has 0 radical (unpaired) electrons. The van der Waals surface area contributed by atoms with Crippen molar-refractivity contribution in [3.8, 4) is 0 Å². The molecule has 2 aliphatic rings. The van der Waals surface area contributed by atoms with Crippen LogP contribution in [-0.4, -0.2) is 71.5 Å². The lowest BCUT2D eigenvalue weighted by molar-refractivity contribution is -0.227. The molecule has 4 N–H and O–H groups in total. The van der Waals surface area contributed by atoms with E-state index in [-0.39, 0.29) is 27.8 Å². The highest BCUT2D eigenvalue weighted by atomic mass is 35.5. The Bertz CT molecular complexity index is 2350. The Morgan fingerprint density at radius 2 is 1.37 bits per heavy atom. The minimum absolute atomic E-state index is 0.0153. The van der Waals surface area contributed by atoms with Crippen LogP contribution in [0.25, 0.3) is 0 Å². The molecule has 7 rings (SSSR count). The fourth-order valence-corrected chi connectivity index (χ4v) is 8.18. The van der Waals surface area contributed by atoms with Crippen molar-refractivity contribution in [3.63, 3.8) is 0 Å². The van der Waals surface area contributed by atoms with Crippen molar-refractivity contribution in [2.75, 3.05) is 6.61 Å². The van der Waals surface area contributed by atoms with Crippen LogP contribution in [0.1, 0.15) is 64.2 Å². The van der Waals surface area contributed by atoms with E-state index in [9.17, 15) is 33.0 Å². The predicted octanol–water partition coefficient (Wildman–Crippen LogP) is 7.49. The van der Waals surface area contributed by atoms with Gasteiger partial charge >= 0.3 is 0 Å². The maximum absolute atomic E-state index is 14.9. The first kappa shape index (κ1) is 47.8. The van der Waals surface area contributed by atoms with Crippen molar-refractivity contribution in [1.82, 2.24) is 10.6 Å². The lowest BCUT2D eigenvalue weighted by Crippen LogP contribution is -2.56. The van der Waals surface area contributed by atoms with Gasteiger partial charge in [0.2, 0.25) is 0 Å². The molecule has 65 heavy (non-hydrogen) atoms. The molecule has 5 aromatic rings. The van der Waals surface area contributed by atoms with Crippen LogP contribution in [0.2, 0.25) is 5.02 Å². The van der Waals surface area contributed by atoms with Crippen molar-refractivity contribution in [2.45, 2.75) is 108 Å². The first-order chi connectivity index (χ1) is 31.4. The Kier molecular flexibility index (Phi) is 16.8. The molecule has 1 saturated heterocycles. The monoisotopic (exact) mass is 916 g/mol. The van der Waals surface area contributed by atoms with Crippen LogP contribution in [-0.2, 0) is 66.1 Å². The number of ether oxygens (including phenoxy) is 5. The number of aliphatic hydroxyl groups excluding tert-OH is 2. The smallest absolute Gasteiger partial charge is 0.252 e. The highest BCUT2D eigenvalue weighted by molar-refractivity contribution is 6.31. The van der Waals surface area contributed by atoms with Gasteiger partial charge in [0.1, 0.15) is 29.7 Å². The molecule has 1 aliphatic carbocycles. The molecule has 1 heterocycles. The fourth-order valence-electron chi connectivity index (χ4n) is 7.95. The van der Waals surface area contributed by atoms with E-state index in [1.807, 2.05) is 55.5 Å². The molecule has 344 valence electrons. The minimum atomic E-state index is -2.22. The standard InChI is InChI=1S/C50H52ClF3N2O9/c1-30-20-22-31(23-21-30)26-61-29-35-13-8-19-43(64-35)65-42-24-32-10-2-5-14-36(32)44(42)56-50(60)48(63-28-34-12-4-7-17-40(34)53)46(58)45(57)47(62-27-33-11-3-6-16-39(33)52)49(59)55-25-37-38(51)15-9-18-41(37)54/h2-7,9-12,14-18,20-23,35,42-48,57-58H,8,13,19,24-29H2,1H3,(H,55,59)(H,56,60)/t35?,42-,43?,44+,45-,46-,47-,48-/m1/s1. The molecule has 2 amide bonds. The molecule has 0 aromatic heterocycles. The van der Waals surface area contributed by atoms with E-state index < -0.39 is 91.9 Å². The number of hydrogen-bond donors (Lipinski definition) is 4. The summed E-state index contributed by atoms with van der Waals surface area (Å²) in [5.74, 6) is -4.01. The summed E-state index contributed by atoms with van der Waals surface area (Å²) in [7, 11) is 0. The predicted molar refractivity (Wildman–Crippen MR) is 234 cm³/mol. The summed E-state index contributed by atoms with van der Waals surface area (Å²) in [6, 6.07) is 29.9. The van der Waals surface area contributed by atoms with E-state index in [1.54, 1.807) is 12.1 Å². The van der Waals surface area contributed by atoms with Crippen LogP contribution in [0.15, 0.2) is 115 Å². The molecular formula is C50H52ClF3N2O9. The average Bonchev–Trinajstić information content (AvgIpc) is 3.63. The van der Waals surface area contributed by atoms with Gasteiger partial charge < -0.3 is 44.5 Å². The topological polar surface area (TPSA) is 145 Å². The number of aliphatic hydroxyl groups is 2. The zero-order valence-corrected chi connectivity index (χ0v) is 36.5. The summed E-state index contributed by atoms with van der Waals surface area (Å²) in [6.07, 6.45) is -7.27. The van der Waals surface area contributed by atoms with Gasteiger partial charge in [-0.3, -0.25) is 9.59 Å². The number of nitrogens with one attached hydrogen (secondary N) is 2. The molecule has 2 unspecified atom stereocenters. The van der Waals surface area contributed by atoms with E-state index in [0.29, 0.717) is 26.1 Å². The SMILES string of the molecule is Cc1ccc(COCC2CCCC(O[C@@H]3Cc4ccccc4[C@@H]3NC(=O)[C@H](OCc3ccccc3F)[C@H](O)[C@@H](O)[C@@H](OCc3ccccc3F)C(=O)NCc3c(F)cccc3Cl)O2)cc1. The van der Waals surface area contributed by atoms with Crippen molar-refractivity contribution >= 4 is 23.4 Å². The second kappa shape index (κ2) is 22.8. The highest BCUT2D eigenvalue weighted by Gasteiger charge is 2.44. The van der Waals surface area contributed by atoms with E-state index in [1.165, 1.54) is 48.5 Å². The Hall–Kier alpha value is -5.16. The van der Waals surface area contributed by atoms with Crippen LogP contribution < -0.4 is 10.6 Å². The van der Waals surface area contributed by atoms with Gasteiger partial charge in [-0.05, 0) is 67.1 Å². The summed E-state index contributed by atoms with van der Waals surface area (Å²) >= 11 is 6.19. The summed E-state index contributed by atoms with van der Waals surface area (Å²) in [4.78, 5) is 28.4. The zero-order valence-electron chi connectivity index (χ0n) is 35.7. The second-order valence-corrected chi connectivity index (χ2v) is 16.6. The minimum Gasteiger partial charge on any atom is -0.387 e. The third kappa shape index (κ3) is 12.6. The van der Waals surface area contributed by atoms with E-state index in [2.05, 4.69) is 10.6 Å². The van der Waals surface area contributed by atoms with Gasteiger partial charge in [0.25, 0.3) is 11.8 Å². The maximum Gasteiger partial charge on any atom is 0.252 e. The van der Waals surface area contributed by atoms with Crippen molar-refractivity contribution in [1.29, 1.82) is 0 Å². The first-order valence-electron chi connectivity index (χ1n) is 21.5. The summed E-state index contributed by atoms with van der Waals surface area (Å²) < 4.78 is 75.0. The molecule has 15 heteroatoms. The molecule has 0 spiro atoms. The van der Waals surface area contributed by atoms with Gasteiger partial charge in [0.05, 0.1) is 44.7 Å². The van der Waals surface area contributed by atoms with Crippen molar-refractivity contribution in [3.05, 3.63) is 177 Å². The molecule has 1 fully saturated rings. The quantitative estimate of drug-likeness (QED) is 0.0625. The zero-order chi connectivity index (χ0) is 45.9. The van der Waals surface area contributed by atoms with Crippen molar-refractivity contribution in [2.24, 2.45) is 0 Å². The molecule has 8 atom stereocenters. The average molecular weight is 917 g/mol. The number of halogens is 4. The van der Waals surface area contributed by atoms with Gasteiger partial charge in [-0.1, -0.05) is 108 Å². The maximum atomic E-state index is 14.9. The fraction of sp³-hybridized carbons (Fsp3) is 0.360. The third-order valence-electron chi connectivity index (χ3n) is 11.6. The van der Waals surface area contributed by atoms with Crippen molar-refractivity contribution < 1.29 is 56.7 Å². The number of rotatable bonds is 20. The van der Waals surface area contributed by atoms with Gasteiger partial charge in [-0.15, -0.1) is 0 Å². The summed E-state index contributed by atoms with van der Waals surface area (Å²) in [5.41, 5.74) is 3.84. The largest absolute Gasteiger partial charge is 0.387 e. The van der Waals surface area contributed by atoms with Crippen LogP contribution >= 0.6 is 11.6 Å². The van der Waals surface area contributed by atoms with Gasteiger partial charge in [-0.25, -0.2) is 13.2 Å². The molecule has 5 aromatic carbocycles. The first-order valence-corrected chi connectivity index (χ1v) is 21.9. The molecule has 0 saturated carbocycles. The summed E-state index contributed by atoms with van der Waals surface area (Å²) in [6.45, 7) is 1.29. The Balaban J connectivity index is 1.10. The third-order valence-corrected chi connectivity index (χ3v) is 11.9. The number of fused-ring (bicyclic) bond motifs is 1. The molecule has 1 aliphatic heterocycles. The normalized spacial score (nSPS) is 20.0. The number of aryl methyl sites for hydroxylation is 1. The molecule has 0 bridgehead atoms. The number of hydrogen-bond acceptors (Lipinski definition) is 9. The van der Waals surface area contributed by atoms with E-state index in [0.717, 1.165) is 41.2 Å². The van der Waals surface area contributed by atoms with Crippen LogP contribution in [0, 0.1) is 24.4 Å². The molecule has 11 nitrogen and oxygen atoms in total. The highest BCUT2D eigenvalue weighted by Crippen LogP contribution is 2.36. The van der Waals surface area contributed by atoms with Gasteiger partial charge in [0, 0.05) is 34.7 Å². The Labute approximate surface area is 380 Å². The number of benzene rings is 5. The lowest BCUT2D eigenvalue weighted by Gasteiger charge is -2.34. The van der Waals surface area contributed by atoms with Gasteiger partial charge in [0.15, 0.2) is 18.5 Å². The van der Waals surface area contributed by atoms with Crippen LogP contribution in [0.3, 0.4) is 0 Å². The van der Waals surface area contributed by atoms with Crippen LogP contribution in [0.4, 0.5) is 13.2 Å². The number of carbonyl (C=O) groups excluding carboxylic acids is 2. The Morgan fingerprint density at radius 3 is 2.03 bits per heavy atom. The van der Waals surface area contributed by atoms with E-state index in [4.69, 9.17) is 35.3 Å². The van der Waals surface area contributed by atoms with Gasteiger partial charge in [-0.2, -0.15) is 0 Å². The second-order valence-electron chi connectivity index (χ2n) is 16.2. The number of carbonyl (C=O) groups is 2. The van der Waals surface area contributed by atoms with Crippen LogP contribution in [0.5, 0.6) is 0 Å². The Morgan fingerprint density at radius 1 is 0.754 bits per heavy atom. The lowest BCUT2D eigenvalue weighted by atomic mass is 10.00. The number of amides is 2. The summed E-state index contributed by atoms with van der Waals surface area (Å²) in [5, 5.41) is 29.1.